The Morgan fingerprint density at radius 2 is 2.00 bits per heavy atom. The van der Waals surface area contributed by atoms with Gasteiger partial charge in [-0.1, -0.05) is 23.8 Å². The zero-order valence-electron chi connectivity index (χ0n) is 10.5. The van der Waals surface area contributed by atoms with E-state index in [0.29, 0.717) is 5.11 Å². The maximum atomic E-state index is 5.13. The van der Waals surface area contributed by atoms with E-state index in [1.165, 1.54) is 5.56 Å². The lowest BCUT2D eigenvalue weighted by atomic mass is 10.2. The van der Waals surface area contributed by atoms with E-state index in [-0.39, 0.29) is 0 Å². The zero-order valence-corrected chi connectivity index (χ0v) is 11.3. The number of hydrogen-bond donors (Lipinski definition) is 2. The SMILES string of the molecule is Cc1ccc(NC(=S)N/N=C\c2ccccn2)cc1. The zero-order chi connectivity index (χ0) is 13.5. The summed E-state index contributed by atoms with van der Waals surface area (Å²) < 4.78 is 0. The van der Waals surface area contributed by atoms with Gasteiger partial charge in [0.05, 0.1) is 11.9 Å². The summed E-state index contributed by atoms with van der Waals surface area (Å²) in [5.41, 5.74) is 5.65. The predicted octanol–water partition coefficient (Wildman–Crippen LogP) is 2.71. The third-order valence-electron chi connectivity index (χ3n) is 2.36. The summed E-state index contributed by atoms with van der Waals surface area (Å²) in [4.78, 5) is 4.12. The summed E-state index contributed by atoms with van der Waals surface area (Å²) in [6, 6.07) is 13.6. The van der Waals surface area contributed by atoms with Crippen molar-refractivity contribution in [1.82, 2.24) is 10.4 Å². The van der Waals surface area contributed by atoms with Gasteiger partial charge in [-0.2, -0.15) is 5.10 Å². The van der Waals surface area contributed by atoms with Crippen LogP contribution < -0.4 is 10.7 Å². The van der Waals surface area contributed by atoms with Crippen LogP contribution in [0.25, 0.3) is 0 Å². The van der Waals surface area contributed by atoms with Crippen molar-refractivity contribution >= 4 is 29.2 Å². The summed E-state index contributed by atoms with van der Waals surface area (Å²) >= 11 is 5.13. The first-order chi connectivity index (χ1) is 9.24. The smallest absolute Gasteiger partial charge is 0.191 e. The number of aromatic nitrogens is 1. The van der Waals surface area contributed by atoms with Crippen LogP contribution in [0.5, 0.6) is 0 Å². The van der Waals surface area contributed by atoms with E-state index in [1.54, 1.807) is 12.4 Å². The highest BCUT2D eigenvalue weighted by atomic mass is 32.1. The quantitative estimate of drug-likeness (QED) is 0.511. The molecule has 0 amide bonds. The molecule has 2 rings (SSSR count). The third-order valence-corrected chi connectivity index (χ3v) is 2.55. The van der Waals surface area contributed by atoms with Gasteiger partial charge in [0, 0.05) is 11.9 Å². The standard InChI is InChI=1S/C14H14N4S/c1-11-5-7-12(8-6-11)17-14(19)18-16-10-13-4-2-3-9-15-13/h2-10H,1H3,(H2,17,18,19)/b16-10-. The molecule has 0 atom stereocenters. The van der Waals surface area contributed by atoms with Crippen molar-refractivity contribution in [3.05, 3.63) is 59.9 Å². The van der Waals surface area contributed by atoms with Crippen molar-refractivity contribution in [2.45, 2.75) is 6.92 Å². The molecule has 1 aromatic heterocycles. The second kappa shape index (κ2) is 6.61. The lowest BCUT2D eigenvalue weighted by Crippen LogP contribution is -2.23. The Bertz CT molecular complexity index is 564. The number of nitrogens with one attached hydrogen (secondary N) is 2. The molecule has 5 heteroatoms. The van der Waals surface area contributed by atoms with Crippen molar-refractivity contribution < 1.29 is 0 Å². The summed E-state index contributed by atoms with van der Waals surface area (Å²) in [6.45, 7) is 2.04. The molecule has 0 fully saturated rings. The summed E-state index contributed by atoms with van der Waals surface area (Å²) in [5.74, 6) is 0. The van der Waals surface area contributed by atoms with Gasteiger partial charge in [0.1, 0.15) is 0 Å². The van der Waals surface area contributed by atoms with Crippen molar-refractivity contribution in [2.24, 2.45) is 5.10 Å². The van der Waals surface area contributed by atoms with E-state index in [0.717, 1.165) is 11.4 Å². The normalized spacial score (nSPS) is 10.4. The maximum absolute atomic E-state index is 5.13. The maximum Gasteiger partial charge on any atom is 0.191 e. The molecule has 2 N–H and O–H groups in total. The van der Waals surface area contributed by atoms with Gasteiger partial charge in [0.25, 0.3) is 0 Å². The molecule has 0 saturated carbocycles. The van der Waals surface area contributed by atoms with Crippen LogP contribution in [-0.4, -0.2) is 16.3 Å². The average Bonchev–Trinajstić information content (AvgIpc) is 2.43. The Balaban J connectivity index is 1.85. The average molecular weight is 270 g/mol. The van der Waals surface area contributed by atoms with Crippen LogP contribution >= 0.6 is 12.2 Å². The first-order valence-electron chi connectivity index (χ1n) is 5.82. The minimum Gasteiger partial charge on any atom is -0.331 e. The second-order valence-corrected chi connectivity index (χ2v) is 4.35. The molecule has 0 aliphatic heterocycles. The Labute approximate surface area is 117 Å². The number of pyridine rings is 1. The second-order valence-electron chi connectivity index (χ2n) is 3.94. The fourth-order valence-corrected chi connectivity index (χ4v) is 1.58. The van der Waals surface area contributed by atoms with Gasteiger partial charge < -0.3 is 5.32 Å². The molecule has 0 radical (unpaired) electrons. The van der Waals surface area contributed by atoms with E-state index in [2.05, 4.69) is 20.8 Å². The monoisotopic (exact) mass is 270 g/mol. The van der Waals surface area contributed by atoms with Gasteiger partial charge in [0.2, 0.25) is 0 Å². The first kappa shape index (κ1) is 13.2. The molecule has 19 heavy (non-hydrogen) atoms. The van der Waals surface area contributed by atoms with Gasteiger partial charge in [-0.25, -0.2) is 0 Å². The van der Waals surface area contributed by atoms with Crippen LogP contribution in [0.15, 0.2) is 53.8 Å². The lowest BCUT2D eigenvalue weighted by Gasteiger charge is -2.06. The van der Waals surface area contributed by atoms with E-state index >= 15 is 0 Å². The van der Waals surface area contributed by atoms with Gasteiger partial charge >= 0.3 is 0 Å². The Hall–Kier alpha value is -2.27. The molecule has 0 unspecified atom stereocenters. The molecular weight excluding hydrogens is 256 g/mol. The van der Waals surface area contributed by atoms with Gasteiger partial charge in [-0.15, -0.1) is 0 Å². The fraction of sp³-hybridized carbons (Fsp3) is 0.0714. The van der Waals surface area contributed by atoms with Crippen LogP contribution in [0.4, 0.5) is 5.69 Å². The fourth-order valence-electron chi connectivity index (χ4n) is 1.41. The van der Waals surface area contributed by atoms with Gasteiger partial charge in [-0.3, -0.25) is 10.4 Å². The molecule has 1 heterocycles. The molecule has 1 aromatic carbocycles. The van der Waals surface area contributed by atoms with E-state index in [1.807, 2.05) is 49.4 Å². The topological polar surface area (TPSA) is 49.3 Å². The number of rotatable bonds is 3. The first-order valence-corrected chi connectivity index (χ1v) is 6.22. The summed E-state index contributed by atoms with van der Waals surface area (Å²) in [7, 11) is 0. The Kier molecular flexibility index (Phi) is 4.58. The summed E-state index contributed by atoms with van der Waals surface area (Å²) in [6.07, 6.45) is 3.33. The minimum absolute atomic E-state index is 0.441. The van der Waals surface area contributed by atoms with Crippen molar-refractivity contribution in [3.63, 3.8) is 0 Å². The van der Waals surface area contributed by atoms with Crippen molar-refractivity contribution in [1.29, 1.82) is 0 Å². The number of thiocarbonyl (C=S) groups is 1. The van der Waals surface area contributed by atoms with Crippen LogP contribution in [0, 0.1) is 6.92 Å². The van der Waals surface area contributed by atoms with Gasteiger partial charge in [-0.05, 0) is 43.4 Å². The highest BCUT2D eigenvalue weighted by Gasteiger charge is 1.95. The van der Waals surface area contributed by atoms with Gasteiger partial charge in [0.15, 0.2) is 5.11 Å². The lowest BCUT2D eigenvalue weighted by molar-refractivity contribution is 1.05. The molecule has 0 saturated heterocycles. The Morgan fingerprint density at radius 3 is 2.68 bits per heavy atom. The highest BCUT2D eigenvalue weighted by molar-refractivity contribution is 7.80. The van der Waals surface area contributed by atoms with Crippen LogP contribution in [0.1, 0.15) is 11.3 Å². The molecule has 0 aliphatic carbocycles. The van der Waals surface area contributed by atoms with E-state index < -0.39 is 0 Å². The number of nitrogens with zero attached hydrogens (tertiary/aromatic N) is 2. The van der Waals surface area contributed by atoms with Crippen molar-refractivity contribution in [3.8, 4) is 0 Å². The minimum atomic E-state index is 0.441. The molecule has 2 aromatic rings. The van der Waals surface area contributed by atoms with Crippen LogP contribution in [0.2, 0.25) is 0 Å². The molecule has 0 aliphatic rings. The number of hydrogen-bond acceptors (Lipinski definition) is 3. The van der Waals surface area contributed by atoms with Crippen LogP contribution in [-0.2, 0) is 0 Å². The number of anilines is 1. The molecule has 4 nitrogen and oxygen atoms in total. The third kappa shape index (κ3) is 4.48. The predicted molar refractivity (Wildman–Crippen MR) is 82.4 cm³/mol. The highest BCUT2D eigenvalue weighted by Crippen LogP contribution is 2.07. The van der Waals surface area contributed by atoms with Crippen molar-refractivity contribution in [2.75, 3.05) is 5.32 Å². The summed E-state index contributed by atoms with van der Waals surface area (Å²) in [5, 5.41) is 7.50. The molecule has 0 spiro atoms. The number of aryl methyl sites for hydroxylation is 1. The largest absolute Gasteiger partial charge is 0.331 e. The number of hydrazone groups is 1. The van der Waals surface area contributed by atoms with Crippen LogP contribution in [0.3, 0.4) is 0 Å². The molecule has 96 valence electrons. The molecule has 0 bridgehead atoms. The van der Waals surface area contributed by atoms with E-state index in [4.69, 9.17) is 12.2 Å². The molecular formula is C14H14N4S. The van der Waals surface area contributed by atoms with E-state index in [9.17, 15) is 0 Å². The number of benzene rings is 1. The Morgan fingerprint density at radius 1 is 1.21 bits per heavy atom.